The van der Waals surface area contributed by atoms with Gasteiger partial charge in [0.05, 0.1) is 11.4 Å². The van der Waals surface area contributed by atoms with E-state index in [9.17, 15) is 4.79 Å². The van der Waals surface area contributed by atoms with E-state index in [-0.39, 0.29) is 24.4 Å². The van der Waals surface area contributed by atoms with Crippen molar-refractivity contribution in [3.8, 4) is 5.69 Å². The van der Waals surface area contributed by atoms with Crippen molar-refractivity contribution >= 4 is 18.3 Å². The molecule has 3 N–H and O–H groups in total. The number of nitrogens with zero attached hydrogens (tertiary/aromatic N) is 2. The average molecular weight is 377 g/mol. The first kappa shape index (κ1) is 20.5. The fourth-order valence-electron chi connectivity index (χ4n) is 3.58. The van der Waals surface area contributed by atoms with Gasteiger partial charge in [0.2, 0.25) is 5.91 Å². The molecule has 5 nitrogen and oxygen atoms in total. The zero-order valence-electron chi connectivity index (χ0n) is 15.5. The van der Waals surface area contributed by atoms with Gasteiger partial charge in [-0.3, -0.25) is 4.79 Å². The second-order valence-electron chi connectivity index (χ2n) is 7.31. The lowest BCUT2D eigenvalue weighted by Gasteiger charge is -2.14. The molecule has 26 heavy (non-hydrogen) atoms. The van der Waals surface area contributed by atoms with Crippen LogP contribution >= 0.6 is 12.4 Å². The number of carbonyl (C=O) groups excluding carboxylic acids is 1. The number of halogens is 1. The lowest BCUT2D eigenvalue weighted by Crippen LogP contribution is -2.31. The number of carbonyl (C=O) groups is 1. The maximum absolute atomic E-state index is 12.3. The number of hydrogen-bond acceptors (Lipinski definition) is 3. The minimum absolute atomic E-state index is 0. The Morgan fingerprint density at radius 1 is 1.31 bits per heavy atom. The summed E-state index contributed by atoms with van der Waals surface area (Å²) in [6.07, 6.45) is 5.80. The van der Waals surface area contributed by atoms with Gasteiger partial charge in [0.15, 0.2) is 0 Å². The van der Waals surface area contributed by atoms with Crippen LogP contribution in [0.15, 0.2) is 36.5 Å². The van der Waals surface area contributed by atoms with Crippen LogP contribution in [0.2, 0.25) is 0 Å². The summed E-state index contributed by atoms with van der Waals surface area (Å²) in [6.45, 7) is 4.77. The van der Waals surface area contributed by atoms with E-state index in [1.807, 2.05) is 41.2 Å². The van der Waals surface area contributed by atoms with Crippen molar-refractivity contribution in [3.05, 3.63) is 47.8 Å². The number of hydrogen-bond donors (Lipinski definition) is 2. The van der Waals surface area contributed by atoms with Gasteiger partial charge in [-0.25, -0.2) is 4.68 Å². The summed E-state index contributed by atoms with van der Waals surface area (Å²) >= 11 is 0. The molecule has 0 bridgehead atoms. The molecule has 1 aromatic carbocycles. The van der Waals surface area contributed by atoms with E-state index in [2.05, 4.69) is 19.2 Å². The number of nitrogens with two attached hydrogens (primary N) is 1. The van der Waals surface area contributed by atoms with Crippen LogP contribution in [-0.4, -0.2) is 21.7 Å². The van der Waals surface area contributed by atoms with Crippen LogP contribution in [0.25, 0.3) is 5.69 Å². The topological polar surface area (TPSA) is 72.9 Å². The van der Waals surface area contributed by atoms with Crippen molar-refractivity contribution in [2.24, 2.45) is 11.7 Å². The summed E-state index contributed by atoms with van der Waals surface area (Å²) in [5.41, 5.74) is 9.20. The molecule has 0 unspecified atom stereocenters. The first-order valence-electron chi connectivity index (χ1n) is 9.20. The third kappa shape index (κ3) is 4.86. The molecule has 1 aliphatic rings. The minimum atomic E-state index is 0. The Morgan fingerprint density at radius 2 is 2.04 bits per heavy atom. The summed E-state index contributed by atoms with van der Waals surface area (Å²) in [7, 11) is 0. The molecule has 3 rings (SSSR count). The highest BCUT2D eigenvalue weighted by molar-refractivity contribution is 5.85. The predicted octanol–water partition coefficient (Wildman–Crippen LogP) is 3.55. The van der Waals surface area contributed by atoms with E-state index in [0.29, 0.717) is 24.8 Å². The molecule has 2 aromatic rings. The second kappa shape index (κ2) is 9.19. The number of rotatable bonds is 6. The molecule has 6 heteroatoms. The molecule has 1 saturated carbocycles. The molecule has 1 heterocycles. The molecule has 1 fully saturated rings. The van der Waals surface area contributed by atoms with Gasteiger partial charge in [-0.05, 0) is 36.8 Å². The standard InChI is InChI=1S/C20H28N4O.ClH/c1-14(2)20-16(13-24(23-20)17-8-4-3-5-9-17)12-22-19(25)11-15-7-6-10-18(15)21;/h3-5,8-9,13-15,18H,6-7,10-12,21H2,1-2H3,(H,22,25);1H/t15-,18+;/m0./s1. The zero-order chi connectivity index (χ0) is 17.8. The van der Waals surface area contributed by atoms with Crippen molar-refractivity contribution in [3.63, 3.8) is 0 Å². The van der Waals surface area contributed by atoms with E-state index < -0.39 is 0 Å². The Bertz CT molecular complexity index is 714. The van der Waals surface area contributed by atoms with E-state index in [1.165, 1.54) is 0 Å². The number of benzene rings is 1. The number of nitrogens with one attached hydrogen (secondary N) is 1. The monoisotopic (exact) mass is 376 g/mol. The average Bonchev–Trinajstić information content (AvgIpc) is 3.21. The van der Waals surface area contributed by atoms with Crippen LogP contribution in [0.4, 0.5) is 0 Å². The van der Waals surface area contributed by atoms with E-state index in [0.717, 1.165) is 36.2 Å². The van der Waals surface area contributed by atoms with Crippen molar-refractivity contribution in [1.29, 1.82) is 0 Å². The quantitative estimate of drug-likeness (QED) is 0.809. The van der Waals surface area contributed by atoms with Gasteiger partial charge in [0, 0.05) is 30.8 Å². The van der Waals surface area contributed by atoms with Crippen LogP contribution in [0.5, 0.6) is 0 Å². The highest BCUT2D eigenvalue weighted by Crippen LogP contribution is 2.26. The molecule has 0 aliphatic heterocycles. The molecule has 1 aromatic heterocycles. The summed E-state index contributed by atoms with van der Waals surface area (Å²) in [5, 5.41) is 7.78. The molecule has 2 atom stereocenters. The van der Waals surface area contributed by atoms with Gasteiger partial charge in [-0.1, -0.05) is 38.5 Å². The molecular formula is C20H29ClN4O. The van der Waals surface area contributed by atoms with Gasteiger partial charge in [0.25, 0.3) is 0 Å². The Balaban J connectivity index is 0.00000243. The van der Waals surface area contributed by atoms with Crippen molar-refractivity contribution in [2.45, 2.75) is 58.0 Å². The predicted molar refractivity (Wildman–Crippen MR) is 107 cm³/mol. The Labute approximate surface area is 161 Å². The lowest BCUT2D eigenvalue weighted by atomic mass is 10.00. The van der Waals surface area contributed by atoms with E-state index in [1.54, 1.807) is 0 Å². The van der Waals surface area contributed by atoms with Crippen LogP contribution in [0.1, 0.15) is 56.7 Å². The van der Waals surface area contributed by atoms with Gasteiger partial charge < -0.3 is 11.1 Å². The first-order chi connectivity index (χ1) is 12.0. The smallest absolute Gasteiger partial charge is 0.220 e. The maximum Gasteiger partial charge on any atom is 0.220 e. The molecule has 142 valence electrons. The maximum atomic E-state index is 12.3. The third-order valence-corrected chi connectivity index (χ3v) is 5.03. The molecule has 1 aliphatic carbocycles. The van der Waals surface area contributed by atoms with Gasteiger partial charge in [-0.15, -0.1) is 12.4 Å². The summed E-state index contributed by atoms with van der Waals surface area (Å²) < 4.78 is 1.89. The number of para-hydroxylation sites is 1. The number of amides is 1. The van der Waals surface area contributed by atoms with Crippen LogP contribution in [-0.2, 0) is 11.3 Å². The fourth-order valence-corrected chi connectivity index (χ4v) is 3.58. The minimum Gasteiger partial charge on any atom is -0.352 e. The molecule has 0 saturated heterocycles. The number of aromatic nitrogens is 2. The van der Waals surface area contributed by atoms with E-state index in [4.69, 9.17) is 10.8 Å². The van der Waals surface area contributed by atoms with E-state index >= 15 is 0 Å². The van der Waals surface area contributed by atoms with Crippen molar-refractivity contribution < 1.29 is 4.79 Å². The SMILES string of the molecule is CC(C)c1nn(-c2ccccc2)cc1CNC(=O)C[C@@H]1CCC[C@H]1N.Cl. The van der Waals surface area contributed by atoms with Gasteiger partial charge >= 0.3 is 0 Å². The second-order valence-corrected chi connectivity index (χ2v) is 7.31. The largest absolute Gasteiger partial charge is 0.352 e. The molecule has 1 amide bonds. The third-order valence-electron chi connectivity index (χ3n) is 5.03. The molecular weight excluding hydrogens is 348 g/mol. The Kier molecular flexibility index (Phi) is 7.23. The Morgan fingerprint density at radius 3 is 2.65 bits per heavy atom. The molecule has 0 radical (unpaired) electrons. The first-order valence-corrected chi connectivity index (χ1v) is 9.20. The summed E-state index contributed by atoms with van der Waals surface area (Å²) in [4.78, 5) is 12.3. The fraction of sp³-hybridized carbons (Fsp3) is 0.500. The lowest BCUT2D eigenvalue weighted by molar-refractivity contribution is -0.122. The van der Waals surface area contributed by atoms with Crippen LogP contribution in [0, 0.1) is 5.92 Å². The normalized spacial score (nSPS) is 19.4. The summed E-state index contributed by atoms with van der Waals surface area (Å²) in [6, 6.07) is 10.2. The highest BCUT2D eigenvalue weighted by Gasteiger charge is 2.26. The Hall–Kier alpha value is -1.85. The summed E-state index contributed by atoms with van der Waals surface area (Å²) in [5.74, 6) is 0.723. The van der Waals surface area contributed by atoms with Crippen LogP contribution in [0.3, 0.4) is 0 Å². The van der Waals surface area contributed by atoms with Crippen LogP contribution < -0.4 is 11.1 Å². The highest BCUT2D eigenvalue weighted by atomic mass is 35.5. The van der Waals surface area contributed by atoms with Crippen molar-refractivity contribution in [1.82, 2.24) is 15.1 Å². The van der Waals surface area contributed by atoms with Gasteiger partial charge in [-0.2, -0.15) is 5.10 Å². The zero-order valence-corrected chi connectivity index (χ0v) is 16.3. The molecule has 0 spiro atoms. The van der Waals surface area contributed by atoms with Gasteiger partial charge in [0.1, 0.15) is 0 Å². The van der Waals surface area contributed by atoms with Crippen molar-refractivity contribution in [2.75, 3.05) is 0 Å².